The van der Waals surface area contributed by atoms with Gasteiger partial charge in [-0.1, -0.05) is 11.6 Å². The highest BCUT2D eigenvalue weighted by molar-refractivity contribution is 9.10. The molecule has 0 aromatic carbocycles. The van der Waals surface area contributed by atoms with Gasteiger partial charge in [-0.05, 0) is 45.9 Å². The zero-order chi connectivity index (χ0) is 11.0. The molecule has 80 valence electrons. The van der Waals surface area contributed by atoms with Crippen molar-refractivity contribution in [2.24, 2.45) is 0 Å². The lowest BCUT2D eigenvalue weighted by molar-refractivity contribution is 0.227. The van der Waals surface area contributed by atoms with Gasteiger partial charge < -0.3 is 5.11 Å². The van der Waals surface area contributed by atoms with E-state index in [0.29, 0.717) is 4.34 Å². The van der Waals surface area contributed by atoms with Crippen LogP contribution in [0, 0.1) is 6.92 Å². The highest BCUT2D eigenvalue weighted by Gasteiger charge is 2.17. The zero-order valence-electron chi connectivity index (χ0n) is 7.83. The SMILES string of the molecule is Cc1ccsc1C(O)c1cc(Br)c(Cl)s1. The number of aliphatic hydroxyl groups is 1. The largest absolute Gasteiger partial charge is 0.382 e. The number of aryl methyl sites for hydroxylation is 1. The molecule has 0 amide bonds. The normalized spacial score (nSPS) is 13.1. The molecule has 2 heterocycles. The van der Waals surface area contributed by atoms with E-state index in [1.54, 1.807) is 11.3 Å². The van der Waals surface area contributed by atoms with Gasteiger partial charge in [0.15, 0.2) is 0 Å². The smallest absolute Gasteiger partial charge is 0.123 e. The Kier molecular flexibility index (Phi) is 3.52. The van der Waals surface area contributed by atoms with Crippen LogP contribution in [0.15, 0.2) is 22.0 Å². The number of aliphatic hydroxyl groups excluding tert-OH is 1. The summed E-state index contributed by atoms with van der Waals surface area (Å²) in [6.45, 7) is 2.00. The molecule has 5 heteroatoms. The third-order valence-electron chi connectivity index (χ3n) is 2.08. The third-order valence-corrected chi connectivity index (χ3v) is 5.68. The molecule has 1 N–H and O–H groups in total. The first-order valence-electron chi connectivity index (χ1n) is 4.26. The van der Waals surface area contributed by atoms with Crippen molar-refractivity contribution in [2.45, 2.75) is 13.0 Å². The minimum Gasteiger partial charge on any atom is -0.382 e. The first-order valence-corrected chi connectivity index (χ1v) is 7.13. The molecule has 0 aliphatic heterocycles. The van der Waals surface area contributed by atoms with Crippen molar-refractivity contribution in [1.29, 1.82) is 0 Å². The van der Waals surface area contributed by atoms with E-state index in [1.807, 2.05) is 24.4 Å². The Hall–Kier alpha value is 0.130. The summed E-state index contributed by atoms with van der Waals surface area (Å²) in [5, 5.41) is 12.1. The molecular formula is C10H8BrClOS2. The van der Waals surface area contributed by atoms with Gasteiger partial charge in [-0.25, -0.2) is 0 Å². The van der Waals surface area contributed by atoms with Crippen molar-refractivity contribution in [1.82, 2.24) is 0 Å². The fraction of sp³-hybridized carbons (Fsp3) is 0.200. The van der Waals surface area contributed by atoms with Crippen molar-refractivity contribution in [3.05, 3.63) is 41.6 Å². The van der Waals surface area contributed by atoms with E-state index >= 15 is 0 Å². The fourth-order valence-corrected chi connectivity index (χ4v) is 4.03. The van der Waals surface area contributed by atoms with Crippen LogP contribution in [-0.4, -0.2) is 5.11 Å². The Bertz CT molecular complexity index is 458. The van der Waals surface area contributed by atoms with E-state index < -0.39 is 6.10 Å². The Balaban J connectivity index is 2.36. The number of rotatable bonds is 2. The second-order valence-electron chi connectivity index (χ2n) is 3.14. The summed E-state index contributed by atoms with van der Waals surface area (Å²) in [6, 6.07) is 3.88. The Labute approximate surface area is 109 Å². The van der Waals surface area contributed by atoms with Gasteiger partial charge in [-0.15, -0.1) is 22.7 Å². The first-order chi connectivity index (χ1) is 7.09. The van der Waals surface area contributed by atoms with Crippen LogP contribution in [-0.2, 0) is 0 Å². The third kappa shape index (κ3) is 2.29. The Morgan fingerprint density at radius 1 is 1.53 bits per heavy atom. The second-order valence-corrected chi connectivity index (χ2v) is 6.63. The van der Waals surface area contributed by atoms with Crippen molar-refractivity contribution in [2.75, 3.05) is 0 Å². The van der Waals surface area contributed by atoms with Crippen molar-refractivity contribution in [3.63, 3.8) is 0 Å². The molecule has 0 aliphatic carbocycles. The minimum atomic E-state index is -0.557. The molecule has 1 nitrogen and oxygen atoms in total. The molecule has 2 aromatic rings. The molecule has 0 radical (unpaired) electrons. The van der Waals surface area contributed by atoms with Crippen LogP contribution in [0.5, 0.6) is 0 Å². The van der Waals surface area contributed by atoms with Gasteiger partial charge in [-0.3, -0.25) is 0 Å². The highest BCUT2D eigenvalue weighted by Crippen LogP contribution is 2.39. The molecule has 0 fully saturated rings. The van der Waals surface area contributed by atoms with Gasteiger partial charge >= 0.3 is 0 Å². The molecule has 0 bridgehead atoms. The average molecular weight is 324 g/mol. The summed E-state index contributed by atoms with van der Waals surface area (Å²) in [5.41, 5.74) is 1.12. The van der Waals surface area contributed by atoms with Crippen LogP contribution in [0.3, 0.4) is 0 Å². The zero-order valence-corrected chi connectivity index (χ0v) is 11.8. The van der Waals surface area contributed by atoms with E-state index in [2.05, 4.69) is 15.9 Å². The van der Waals surface area contributed by atoms with Crippen LogP contribution in [0.4, 0.5) is 0 Å². The van der Waals surface area contributed by atoms with Crippen LogP contribution in [0.1, 0.15) is 21.4 Å². The van der Waals surface area contributed by atoms with E-state index in [1.165, 1.54) is 11.3 Å². The van der Waals surface area contributed by atoms with Crippen LogP contribution >= 0.6 is 50.2 Å². The first kappa shape index (κ1) is 11.6. The molecule has 0 spiro atoms. The molecular weight excluding hydrogens is 316 g/mol. The molecule has 0 aliphatic rings. The maximum absolute atomic E-state index is 10.1. The highest BCUT2D eigenvalue weighted by atomic mass is 79.9. The summed E-state index contributed by atoms with van der Waals surface area (Å²) in [6.07, 6.45) is -0.557. The minimum absolute atomic E-state index is 0.557. The molecule has 1 unspecified atom stereocenters. The number of hydrogen-bond donors (Lipinski definition) is 1. The second kappa shape index (κ2) is 4.55. The molecule has 0 saturated heterocycles. The van der Waals surface area contributed by atoms with Crippen LogP contribution < -0.4 is 0 Å². The predicted octanol–water partition coefficient (Wildman–Crippen LogP) is 4.62. The van der Waals surface area contributed by atoms with Gasteiger partial charge in [-0.2, -0.15) is 0 Å². The van der Waals surface area contributed by atoms with Crippen molar-refractivity contribution >= 4 is 50.2 Å². The lowest BCUT2D eigenvalue weighted by Crippen LogP contribution is -1.95. The van der Waals surface area contributed by atoms with Gasteiger partial charge in [0.2, 0.25) is 0 Å². The Morgan fingerprint density at radius 3 is 2.73 bits per heavy atom. The standard InChI is InChI=1S/C10H8BrClOS2/c1-5-2-3-14-9(5)8(13)7-4-6(11)10(12)15-7/h2-4,8,13H,1H3. The lowest BCUT2D eigenvalue weighted by Gasteiger charge is -2.06. The monoisotopic (exact) mass is 322 g/mol. The van der Waals surface area contributed by atoms with Gasteiger partial charge in [0.1, 0.15) is 10.4 Å². The number of hydrogen-bond acceptors (Lipinski definition) is 3. The van der Waals surface area contributed by atoms with E-state index in [4.69, 9.17) is 11.6 Å². The maximum Gasteiger partial charge on any atom is 0.123 e. The summed E-state index contributed by atoms with van der Waals surface area (Å²) in [4.78, 5) is 1.86. The summed E-state index contributed by atoms with van der Waals surface area (Å²) in [5.74, 6) is 0. The van der Waals surface area contributed by atoms with Crippen molar-refractivity contribution in [3.8, 4) is 0 Å². The molecule has 1 atom stereocenters. The van der Waals surface area contributed by atoms with E-state index in [-0.39, 0.29) is 0 Å². The average Bonchev–Trinajstić information content (AvgIpc) is 2.74. The topological polar surface area (TPSA) is 20.2 Å². The quantitative estimate of drug-likeness (QED) is 0.855. The maximum atomic E-state index is 10.1. The van der Waals surface area contributed by atoms with Gasteiger partial charge in [0.05, 0.1) is 0 Å². The lowest BCUT2D eigenvalue weighted by atomic mass is 10.2. The summed E-state index contributed by atoms with van der Waals surface area (Å²) < 4.78 is 1.52. The molecule has 2 rings (SSSR count). The van der Waals surface area contributed by atoms with Gasteiger partial charge in [0.25, 0.3) is 0 Å². The number of halogens is 2. The molecule has 2 aromatic heterocycles. The summed E-state index contributed by atoms with van der Waals surface area (Å²) in [7, 11) is 0. The fourth-order valence-electron chi connectivity index (χ4n) is 1.29. The molecule has 15 heavy (non-hydrogen) atoms. The van der Waals surface area contributed by atoms with Gasteiger partial charge in [0, 0.05) is 14.2 Å². The van der Waals surface area contributed by atoms with Crippen LogP contribution in [0.25, 0.3) is 0 Å². The number of thiophene rings is 2. The Morgan fingerprint density at radius 2 is 2.27 bits per heavy atom. The van der Waals surface area contributed by atoms with E-state index in [9.17, 15) is 5.11 Å². The van der Waals surface area contributed by atoms with E-state index in [0.717, 1.165) is 19.8 Å². The molecule has 0 saturated carbocycles. The summed E-state index contributed by atoms with van der Waals surface area (Å²) >= 11 is 12.2. The van der Waals surface area contributed by atoms with Crippen LogP contribution in [0.2, 0.25) is 4.34 Å². The van der Waals surface area contributed by atoms with Crippen molar-refractivity contribution < 1.29 is 5.11 Å². The predicted molar refractivity (Wildman–Crippen MR) is 70.1 cm³/mol.